The van der Waals surface area contributed by atoms with Crippen LogP contribution in [-0.2, 0) is 9.53 Å². The van der Waals surface area contributed by atoms with E-state index in [4.69, 9.17) is 10.00 Å². The Morgan fingerprint density at radius 1 is 1.83 bits per heavy atom. The molecule has 1 amide bonds. The Morgan fingerprint density at radius 2 is 2.58 bits per heavy atom. The van der Waals surface area contributed by atoms with E-state index in [0.717, 1.165) is 0 Å². The van der Waals surface area contributed by atoms with Gasteiger partial charge in [-0.2, -0.15) is 5.26 Å². The van der Waals surface area contributed by atoms with E-state index >= 15 is 0 Å². The van der Waals surface area contributed by atoms with Gasteiger partial charge in [0.05, 0.1) is 18.8 Å². The maximum absolute atomic E-state index is 11.2. The van der Waals surface area contributed by atoms with E-state index in [-0.39, 0.29) is 18.4 Å². The number of nitrogens with zero attached hydrogens (tertiary/aromatic N) is 2. The molecule has 0 spiro atoms. The van der Waals surface area contributed by atoms with E-state index in [2.05, 4.69) is 0 Å². The Morgan fingerprint density at radius 3 is 3.17 bits per heavy atom. The molecular weight excluding hydrogens is 156 g/mol. The first-order valence-electron chi connectivity index (χ1n) is 4.00. The SMILES string of the molecule is CC1CN(C(=O)CC#N)CCO1. The van der Waals surface area contributed by atoms with E-state index in [1.165, 1.54) is 0 Å². The number of carbonyl (C=O) groups excluding carboxylic acids is 1. The second-order valence-electron chi connectivity index (χ2n) is 2.86. The quantitative estimate of drug-likeness (QED) is 0.560. The Labute approximate surface area is 71.7 Å². The van der Waals surface area contributed by atoms with E-state index in [9.17, 15) is 4.79 Å². The Kier molecular flexibility index (Phi) is 3.06. The molecule has 1 atom stereocenters. The maximum Gasteiger partial charge on any atom is 0.236 e. The Hall–Kier alpha value is -1.08. The van der Waals surface area contributed by atoms with Crippen molar-refractivity contribution >= 4 is 5.91 Å². The lowest BCUT2D eigenvalue weighted by atomic mass is 10.3. The Balaban J connectivity index is 2.41. The highest BCUT2D eigenvalue weighted by Gasteiger charge is 2.20. The number of hydrogen-bond donors (Lipinski definition) is 0. The largest absolute Gasteiger partial charge is 0.375 e. The summed E-state index contributed by atoms with van der Waals surface area (Å²) in [7, 11) is 0. The predicted molar refractivity (Wildman–Crippen MR) is 42.2 cm³/mol. The molecule has 0 aromatic heterocycles. The lowest BCUT2D eigenvalue weighted by Gasteiger charge is -2.30. The number of nitriles is 1. The van der Waals surface area contributed by atoms with Crippen LogP contribution < -0.4 is 0 Å². The number of hydrogen-bond acceptors (Lipinski definition) is 3. The number of ether oxygens (including phenoxy) is 1. The molecule has 1 aliphatic rings. The van der Waals surface area contributed by atoms with Gasteiger partial charge in [-0.1, -0.05) is 0 Å². The molecule has 66 valence electrons. The van der Waals surface area contributed by atoms with Crippen molar-refractivity contribution in [3.63, 3.8) is 0 Å². The Bertz CT molecular complexity index is 210. The van der Waals surface area contributed by atoms with Crippen molar-refractivity contribution in [2.45, 2.75) is 19.4 Å². The third-order valence-electron chi connectivity index (χ3n) is 1.82. The molecule has 0 bridgehead atoms. The van der Waals surface area contributed by atoms with Gasteiger partial charge in [0, 0.05) is 13.1 Å². The molecule has 1 aliphatic heterocycles. The molecule has 1 unspecified atom stereocenters. The predicted octanol–water partition coefficient (Wildman–Crippen LogP) is 0.147. The molecule has 0 saturated carbocycles. The monoisotopic (exact) mass is 168 g/mol. The summed E-state index contributed by atoms with van der Waals surface area (Å²) in [6.45, 7) is 3.73. The standard InChI is InChI=1S/C8H12N2O2/c1-7-6-10(4-5-12-7)8(11)2-3-9/h7H,2,4-6H2,1H3. The molecule has 0 radical (unpaired) electrons. The molecule has 1 rings (SSSR count). The normalized spacial score (nSPS) is 23.3. The molecule has 4 heteroatoms. The summed E-state index contributed by atoms with van der Waals surface area (Å²) in [5.41, 5.74) is 0. The van der Waals surface area contributed by atoms with Gasteiger partial charge in [-0.15, -0.1) is 0 Å². The summed E-state index contributed by atoms with van der Waals surface area (Å²) in [6.07, 6.45) is 0.0774. The molecule has 4 nitrogen and oxygen atoms in total. The zero-order chi connectivity index (χ0) is 8.97. The van der Waals surface area contributed by atoms with Gasteiger partial charge in [-0.25, -0.2) is 0 Å². The van der Waals surface area contributed by atoms with E-state index < -0.39 is 0 Å². The molecule has 0 N–H and O–H groups in total. The van der Waals surface area contributed by atoms with Gasteiger partial charge in [-0.3, -0.25) is 4.79 Å². The fourth-order valence-electron chi connectivity index (χ4n) is 1.22. The molecule has 1 fully saturated rings. The number of morpholine rings is 1. The van der Waals surface area contributed by atoms with E-state index in [1.54, 1.807) is 4.90 Å². The van der Waals surface area contributed by atoms with Crippen LogP contribution in [0.25, 0.3) is 0 Å². The summed E-state index contributed by atoms with van der Waals surface area (Å²) in [5, 5.41) is 8.30. The van der Waals surface area contributed by atoms with Gasteiger partial charge < -0.3 is 9.64 Å². The first-order valence-corrected chi connectivity index (χ1v) is 4.00. The topological polar surface area (TPSA) is 53.3 Å². The lowest BCUT2D eigenvalue weighted by molar-refractivity contribution is -0.137. The first-order chi connectivity index (χ1) is 5.74. The van der Waals surface area contributed by atoms with Gasteiger partial charge in [-0.05, 0) is 6.92 Å². The van der Waals surface area contributed by atoms with E-state index in [1.807, 2.05) is 13.0 Å². The molecular formula is C8H12N2O2. The summed E-state index contributed by atoms with van der Waals surface area (Å²) in [5.74, 6) is -0.0901. The summed E-state index contributed by atoms with van der Waals surface area (Å²) < 4.78 is 5.26. The minimum Gasteiger partial charge on any atom is -0.375 e. The van der Waals surface area contributed by atoms with Crippen LogP contribution in [-0.4, -0.2) is 36.6 Å². The van der Waals surface area contributed by atoms with Gasteiger partial charge >= 0.3 is 0 Å². The van der Waals surface area contributed by atoms with Crippen LogP contribution in [0.3, 0.4) is 0 Å². The van der Waals surface area contributed by atoms with E-state index in [0.29, 0.717) is 19.7 Å². The molecule has 0 aromatic carbocycles. The summed E-state index contributed by atoms with van der Waals surface area (Å²) in [4.78, 5) is 12.9. The molecule has 0 aromatic rings. The summed E-state index contributed by atoms with van der Waals surface area (Å²) in [6, 6.07) is 1.85. The fraction of sp³-hybridized carbons (Fsp3) is 0.750. The van der Waals surface area contributed by atoms with Crippen molar-refractivity contribution in [2.75, 3.05) is 19.7 Å². The van der Waals surface area contributed by atoms with Gasteiger partial charge in [0.15, 0.2) is 0 Å². The van der Waals surface area contributed by atoms with Crippen molar-refractivity contribution in [3.8, 4) is 6.07 Å². The third kappa shape index (κ3) is 2.21. The minimum absolute atomic E-state index is 0.0211. The van der Waals surface area contributed by atoms with Crippen LogP contribution in [0.5, 0.6) is 0 Å². The van der Waals surface area contributed by atoms with Crippen molar-refractivity contribution in [2.24, 2.45) is 0 Å². The van der Waals surface area contributed by atoms with Gasteiger partial charge in [0.1, 0.15) is 6.42 Å². The average Bonchev–Trinajstić information content (AvgIpc) is 2.05. The first kappa shape index (κ1) is 9.01. The molecule has 1 saturated heterocycles. The van der Waals surface area contributed by atoms with Crippen LogP contribution in [0.15, 0.2) is 0 Å². The van der Waals surface area contributed by atoms with Gasteiger partial charge in [0.25, 0.3) is 0 Å². The number of carbonyl (C=O) groups is 1. The average molecular weight is 168 g/mol. The second-order valence-corrected chi connectivity index (χ2v) is 2.86. The smallest absolute Gasteiger partial charge is 0.236 e. The molecule has 0 aliphatic carbocycles. The van der Waals surface area contributed by atoms with Crippen molar-refractivity contribution in [1.29, 1.82) is 5.26 Å². The fourth-order valence-corrected chi connectivity index (χ4v) is 1.22. The highest BCUT2D eigenvalue weighted by Crippen LogP contribution is 2.05. The minimum atomic E-state index is -0.0901. The highest BCUT2D eigenvalue weighted by molar-refractivity contribution is 5.78. The van der Waals surface area contributed by atoms with Crippen LogP contribution >= 0.6 is 0 Å². The van der Waals surface area contributed by atoms with Crippen LogP contribution in [0.1, 0.15) is 13.3 Å². The lowest BCUT2D eigenvalue weighted by Crippen LogP contribution is -2.44. The van der Waals surface area contributed by atoms with Gasteiger partial charge in [0.2, 0.25) is 5.91 Å². The number of rotatable bonds is 1. The van der Waals surface area contributed by atoms with Crippen molar-refractivity contribution in [1.82, 2.24) is 4.90 Å². The number of amides is 1. The molecule has 12 heavy (non-hydrogen) atoms. The highest BCUT2D eigenvalue weighted by atomic mass is 16.5. The third-order valence-corrected chi connectivity index (χ3v) is 1.82. The maximum atomic E-state index is 11.2. The van der Waals surface area contributed by atoms with Crippen LogP contribution in [0, 0.1) is 11.3 Å². The van der Waals surface area contributed by atoms with Crippen molar-refractivity contribution in [3.05, 3.63) is 0 Å². The van der Waals surface area contributed by atoms with Crippen LogP contribution in [0.2, 0.25) is 0 Å². The second kappa shape index (κ2) is 4.07. The van der Waals surface area contributed by atoms with Crippen LogP contribution in [0.4, 0.5) is 0 Å². The van der Waals surface area contributed by atoms with Crippen molar-refractivity contribution < 1.29 is 9.53 Å². The summed E-state index contributed by atoms with van der Waals surface area (Å²) >= 11 is 0. The zero-order valence-electron chi connectivity index (χ0n) is 7.12. The molecule has 1 heterocycles. The zero-order valence-corrected chi connectivity index (χ0v) is 7.12.